The Balaban J connectivity index is 3.45. The van der Waals surface area contributed by atoms with E-state index in [0.29, 0.717) is 17.8 Å². The molecule has 0 aliphatic heterocycles. The van der Waals surface area contributed by atoms with Crippen LogP contribution in [0.15, 0.2) is 23.6 Å². The number of methoxy groups -OCH3 is 2. The minimum Gasteiger partial charge on any atom is -0.491 e. The minimum absolute atomic E-state index is 0.209. The van der Waals surface area contributed by atoms with Gasteiger partial charge in [-0.2, -0.15) is 0 Å². The van der Waals surface area contributed by atoms with Crippen LogP contribution in [0.3, 0.4) is 0 Å². The highest BCUT2D eigenvalue weighted by molar-refractivity contribution is 5.32. The summed E-state index contributed by atoms with van der Waals surface area (Å²) in [7, 11) is 2.97. The lowest BCUT2D eigenvalue weighted by Crippen LogP contribution is -2.20. The molecule has 1 aromatic heterocycles. The van der Waals surface area contributed by atoms with Gasteiger partial charge in [0.2, 0.25) is 5.43 Å². The Labute approximate surface area is 99.9 Å². The summed E-state index contributed by atoms with van der Waals surface area (Å²) >= 11 is 0. The highest BCUT2D eigenvalue weighted by atomic mass is 16.5. The van der Waals surface area contributed by atoms with Gasteiger partial charge in [0.1, 0.15) is 0 Å². The first-order chi connectivity index (χ1) is 8.19. The fraction of sp³-hybridized carbons (Fsp3) is 0.417. The van der Waals surface area contributed by atoms with E-state index in [1.165, 1.54) is 7.11 Å². The Kier molecular flexibility index (Phi) is 4.93. The second-order valence-corrected chi connectivity index (χ2v) is 3.50. The fourth-order valence-electron chi connectivity index (χ4n) is 1.64. The Hall–Kier alpha value is -1.59. The van der Waals surface area contributed by atoms with Crippen LogP contribution in [0.5, 0.6) is 5.75 Å². The lowest BCUT2D eigenvalue weighted by molar-refractivity contribution is 0.173. The maximum atomic E-state index is 11.9. The highest BCUT2D eigenvalue weighted by Crippen LogP contribution is 2.16. The van der Waals surface area contributed by atoms with Crippen molar-refractivity contribution < 1.29 is 14.6 Å². The summed E-state index contributed by atoms with van der Waals surface area (Å²) in [4.78, 5) is 11.9. The summed E-state index contributed by atoms with van der Waals surface area (Å²) in [5.74, 6) is 0.209. The number of rotatable bonds is 6. The van der Waals surface area contributed by atoms with Crippen LogP contribution in [0.1, 0.15) is 11.3 Å². The van der Waals surface area contributed by atoms with E-state index in [9.17, 15) is 4.79 Å². The van der Waals surface area contributed by atoms with Gasteiger partial charge in [-0.3, -0.25) is 4.79 Å². The van der Waals surface area contributed by atoms with Crippen LogP contribution < -0.4 is 10.2 Å². The second-order valence-electron chi connectivity index (χ2n) is 3.50. The smallest absolute Gasteiger partial charge is 0.229 e. The van der Waals surface area contributed by atoms with Crippen molar-refractivity contribution in [1.29, 1.82) is 0 Å². The summed E-state index contributed by atoms with van der Waals surface area (Å²) in [6.45, 7) is 4.11. The third-order valence-electron chi connectivity index (χ3n) is 2.40. The summed E-state index contributed by atoms with van der Waals surface area (Å²) in [5.41, 5.74) is 0.628. The Bertz CT molecular complexity index is 451. The second kappa shape index (κ2) is 6.22. The molecule has 0 atom stereocenters. The van der Waals surface area contributed by atoms with E-state index in [-0.39, 0.29) is 24.4 Å². The van der Waals surface area contributed by atoms with Crippen molar-refractivity contribution in [2.75, 3.05) is 14.2 Å². The van der Waals surface area contributed by atoms with Gasteiger partial charge in [-0.25, -0.2) is 0 Å². The van der Waals surface area contributed by atoms with Crippen LogP contribution in [0.25, 0.3) is 0 Å². The molecule has 0 bridgehead atoms. The number of ether oxygens (including phenoxy) is 2. The van der Waals surface area contributed by atoms with Gasteiger partial charge >= 0.3 is 0 Å². The predicted molar refractivity (Wildman–Crippen MR) is 64.1 cm³/mol. The Morgan fingerprint density at radius 3 is 2.71 bits per heavy atom. The highest BCUT2D eigenvalue weighted by Gasteiger charge is 2.15. The maximum absolute atomic E-state index is 11.9. The minimum atomic E-state index is -0.320. The van der Waals surface area contributed by atoms with Crippen molar-refractivity contribution in [2.24, 2.45) is 0 Å². The van der Waals surface area contributed by atoms with Gasteiger partial charge in [0.15, 0.2) is 5.75 Å². The van der Waals surface area contributed by atoms with Gasteiger partial charge in [-0.1, -0.05) is 6.08 Å². The quantitative estimate of drug-likeness (QED) is 0.742. The van der Waals surface area contributed by atoms with E-state index in [2.05, 4.69) is 6.58 Å². The van der Waals surface area contributed by atoms with Crippen molar-refractivity contribution in [2.45, 2.75) is 19.8 Å². The average Bonchev–Trinajstić information content (AvgIpc) is 2.33. The SMILES string of the molecule is C=CCn1cc(CO)c(=O)c(OC)c1COC. The van der Waals surface area contributed by atoms with Crippen LogP contribution in [0.2, 0.25) is 0 Å². The van der Waals surface area contributed by atoms with Crippen LogP contribution in [-0.4, -0.2) is 23.9 Å². The molecule has 0 aliphatic rings. The molecule has 1 rings (SSSR count). The maximum Gasteiger partial charge on any atom is 0.229 e. The normalized spacial score (nSPS) is 10.3. The lowest BCUT2D eigenvalue weighted by Gasteiger charge is -2.16. The monoisotopic (exact) mass is 239 g/mol. The first kappa shape index (κ1) is 13.5. The van der Waals surface area contributed by atoms with E-state index in [0.717, 1.165) is 0 Å². The molecule has 1 heterocycles. The summed E-state index contributed by atoms with van der Waals surface area (Å²) in [5, 5.41) is 9.13. The summed E-state index contributed by atoms with van der Waals surface area (Å²) < 4.78 is 11.9. The number of aliphatic hydroxyl groups is 1. The molecule has 5 heteroatoms. The van der Waals surface area contributed by atoms with Crippen molar-refractivity contribution in [1.82, 2.24) is 4.57 Å². The van der Waals surface area contributed by atoms with E-state index >= 15 is 0 Å². The van der Waals surface area contributed by atoms with Crippen LogP contribution in [0, 0.1) is 0 Å². The summed E-state index contributed by atoms with van der Waals surface area (Å²) in [6, 6.07) is 0. The van der Waals surface area contributed by atoms with E-state index in [1.807, 2.05) is 0 Å². The first-order valence-corrected chi connectivity index (χ1v) is 5.19. The summed E-state index contributed by atoms with van der Waals surface area (Å²) in [6.07, 6.45) is 3.30. The molecule has 0 aromatic carbocycles. The molecule has 1 N–H and O–H groups in total. The molecule has 0 unspecified atom stereocenters. The van der Waals surface area contributed by atoms with Crippen LogP contribution in [-0.2, 0) is 24.5 Å². The number of nitrogens with zero attached hydrogens (tertiary/aromatic N) is 1. The number of aliphatic hydroxyl groups excluding tert-OH is 1. The molecule has 0 saturated carbocycles. The van der Waals surface area contributed by atoms with Crippen molar-refractivity contribution in [3.05, 3.63) is 40.3 Å². The molecule has 0 saturated heterocycles. The fourth-order valence-corrected chi connectivity index (χ4v) is 1.64. The van der Waals surface area contributed by atoms with Gasteiger partial charge in [0.25, 0.3) is 0 Å². The standard InChI is InChI=1S/C12H17NO4/c1-4-5-13-6-9(7-14)11(15)12(17-3)10(13)8-16-2/h4,6,14H,1,5,7-8H2,2-3H3. The number of allylic oxidation sites excluding steroid dienone is 1. The van der Waals surface area contributed by atoms with Gasteiger partial charge < -0.3 is 19.1 Å². The van der Waals surface area contributed by atoms with Gasteiger partial charge in [-0.05, 0) is 0 Å². The molecular weight excluding hydrogens is 222 g/mol. The zero-order valence-electron chi connectivity index (χ0n) is 10.1. The average molecular weight is 239 g/mol. The molecule has 1 aromatic rings. The molecule has 94 valence electrons. The van der Waals surface area contributed by atoms with E-state index in [4.69, 9.17) is 14.6 Å². The van der Waals surface area contributed by atoms with Gasteiger partial charge in [0, 0.05) is 25.4 Å². The number of hydrogen-bond acceptors (Lipinski definition) is 4. The number of pyridine rings is 1. The zero-order valence-corrected chi connectivity index (χ0v) is 10.1. The van der Waals surface area contributed by atoms with Crippen molar-refractivity contribution in [3.63, 3.8) is 0 Å². The first-order valence-electron chi connectivity index (χ1n) is 5.19. The molecule has 5 nitrogen and oxygen atoms in total. The van der Waals surface area contributed by atoms with Crippen LogP contribution >= 0.6 is 0 Å². The molecule has 0 fully saturated rings. The third kappa shape index (κ3) is 2.75. The van der Waals surface area contributed by atoms with Gasteiger partial charge in [-0.15, -0.1) is 6.58 Å². The van der Waals surface area contributed by atoms with Crippen molar-refractivity contribution >= 4 is 0 Å². The van der Waals surface area contributed by atoms with E-state index in [1.54, 1.807) is 23.9 Å². The largest absolute Gasteiger partial charge is 0.491 e. The molecule has 0 spiro atoms. The van der Waals surface area contributed by atoms with Crippen molar-refractivity contribution in [3.8, 4) is 5.75 Å². The number of hydrogen-bond donors (Lipinski definition) is 1. The topological polar surface area (TPSA) is 60.7 Å². The molecule has 0 amide bonds. The zero-order chi connectivity index (χ0) is 12.8. The lowest BCUT2D eigenvalue weighted by atomic mass is 10.2. The van der Waals surface area contributed by atoms with Crippen LogP contribution in [0.4, 0.5) is 0 Å². The van der Waals surface area contributed by atoms with E-state index < -0.39 is 0 Å². The molecule has 0 radical (unpaired) electrons. The Morgan fingerprint density at radius 1 is 1.53 bits per heavy atom. The Morgan fingerprint density at radius 2 is 2.24 bits per heavy atom. The number of aromatic nitrogens is 1. The predicted octanol–water partition coefficient (Wildman–Crippen LogP) is 0.682. The molecular formula is C12H17NO4. The van der Waals surface area contributed by atoms with Gasteiger partial charge in [0.05, 0.1) is 26.0 Å². The third-order valence-corrected chi connectivity index (χ3v) is 2.40. The molecule has 17 heavy (non-hydrogen) atoms. The molecule has 0 aliphatic carbocycles.